The molecule has 0 saturated carbocycles. The van der Waals surface area contributed by atoms with E-state index in [-0.39, 0.29) is 12.2 Å². The molecule has 0 unspecified atom stereocenters. The first kappa shape index (κ1) is 15.4. The van der Waals surface area contributed by atoms with E-state index in [0.29, 0.717) is 12.4 Å². The molecular formula is C13H17F2NO3. The quantitative estimate of drug-likeness (QED) is 0.808. The van der Waals surface area contributed by atoms with Gasteiger partial charge in [0.05, 0.1) is 13.2 Å². The fourth-order valence-electron chi connectivity index (χ4n) is 1.53. The van der Waals surface area contributed by atoms with Gasteiger partial charge in [-0.15, -0.1) is 0 Å². The van der Waals surface area contributed by atoms with Gasteiger partial charge < -0.3 is 15.2 Å². The average Bonchev–Trinajstić information content (AvgIpc) is 2.38. The highest BCUT2D eigenvalue weighted by molar-refractivity contribution is 5.78. The summed E-state index contributed by atoms with van der Waals surface area (Å²) in [5.74, 6) is -4.97. The molecule has 0 bridgehead atoms. The van der Waals surface area contributed by atoms with Crippen molar-refractivity contribution in [1.82, 2.24) is 0 Å². The molecule has 4 nitrogen and oxygen atoms in total. The maximum Gasteiger partial charge on any atom is 0.379 e. The van der Waals surface area contributed by atoms with E-state index < -0.39 is 17.9 Å². The first-order chi connectivity index (χ1) is 8.93. The third-order valence-electron chi connectivity index (χ3n) is 2.47. The number of esters is 1. The number of hydrogen-bond acceptors (Lipinski definition) is 4. The van der Waals surface area contributed by atoms with Gasteiger partial charge in [-0.2, -0.15) is 8.78 Å². The Balaban J connectivity index is 2.95. The van der Waals surface area contributed by atoms with Crippen LogP contribution in [-0.2, 0) is 9.53 Å². The zero-order chi connectivity index (χ0) is 14.5. The minimum Gasteiger partial charge on any atom is -0.494 e. The number of alkyl halides is 2. The largest absolute Gasteiger partial charge is 0.494 e. The summed E-state index contributed by atoms with van der Waals surface area (Å²) in [6, 6.07) is 4.21. The summed E-state index contributed by atoms with van der Waals surface area (Å²) in [5, 5.41) is 0. The first-order valence-corrected chi connectivity index (χ1v) is 5.96. The number of halogens is 2. The van der Waals surface area contributed by atoms with Crippen molar-refractivity contribution in [2.45, 2.75) is 25.8 Å². The molecule has 0 aliphatic rings. The van der Waals surface area contributed by atoms with Crippen LogP contribution in [0.5, 0.6) is 5.75 Å². The molecule has 1 atom stereocenters. The molecule has 0 amide bonds. The topological polar surface area (TPSA) is 61.5 Å². The van der Waals surface area contributed by atoms with Gasteiger partial charge in [-0.1, -0.05) is 12.1 Å². The van der Waals surface area contributed by atoms with E-state index in [1.165, 1.54) is 19.1 Å². The molecule has 106 valence electrons. The molecular weight excluding hydrogens is 256 g/mol. The SMILES string of the molecule is CCOC(=O)C(F)(F)[C@H](N)c1cccc(OCC)c1. The summed E-state index contributed by atoms with van der Waals surface area (Å²) in [6.07, 6.45) is 0. The molecule has 1 rings (SSSR count). The number of carbonyl (C=O) groups is 1. The molecule has 0 saturated heterocycles. The second-order valence-corrected chi connectivity index (χ2v) is 3.83. The lowest BCUT2D eigenvalue weighted by Gasteiger charge is -2.22. The minimum absolute atomic E-state index is 0.115. The number of nitrogens with two attached hydrogens (primary N) is 1. The van der Waals surface area contributed by atoms with E-state index in [4.69, 9.17) is 10.5 Å². The van der Waals surface area contributed by atoms with E-state index in [0.717, 1.165) is 0 Å². The second-order valence-electron chi connectivity index (χ2n) is 3.83. The van der Waals surface area contributed by atoms with Crippen LogP contribution in [0.25, 0.3) is 0 Å². The highest BCUT2D eigenvalue weighted by atomic mass is 19.3. The lowest BCUT2D eigenvalue weighted by molar-refractivity contribution is -0.174. The second kappa shape index (κ2) is 6.47. The van der Waals surface area contributed by atoms with Crippen LogP contribution in [0.3, 0.4) is 0 Å². The van der Waals surface area contributed by atoms with E-state index >= 15 is 0 Å². The van der Waals surface area contributed by atoms with Crippen LogP contribution in [0, 0.1) is 0 Å². The van der Waals surface area contributed by atoms with Crippen molar-refractivity contribution in [2.75, 3.05) is 13.2 Å². The smallest absolute Gasteiger partial charge is 0.379 e. The van der Waals surface area contributed by atoms with Crippen molar-refractivity contribution >= 4 is 5.97 Å². The van der Waals surface area contributed by atoms with Crippen molar-refractivity contribution < 1.29 is 23.0 Å². The van der Waals surface area contributed by atoms with Crippen LogP contribution in [0.4, 0.5) is 8.78 Å². The molecule has 1 aromatic rings. The van der Waals surface area contributed by atoms with E-state index in [2.05, 4.69) is 4.74 Å². The molecule has 0 spiro atoms. The Bertz CT molecular complexity index is 438. The Morgan fingerprint density at radius 1 is 1.37 bits per heavy atom. The monoisotopic (exact) mass is 273 g/mol. The fraction of sp³-hybridized carbons (Fsp3) is 0.462. The molecule has 0 aliphatic carbocycles. The summed E-state index contributed by atoms with van der Waals surface area (Å²) in [7, 11) is 0. The summed E-state index contributed by atoms with van der Waals surface area (Å²) in [4.78, 5) is 11.2. The molecule has 0 fully saturated rings. The van der Waals surface area contributed by atoms with Gasteiger partial charge in [0, 0.05) is 0 Å². The summed E-state index contributed by atoms with van der Waals surface area (Å²) >= 11 is 0. The standard InChI is InChI=1S/C13H17F2NO3/c1-3-18-10-7-5-6-9(8-10)11(16)13(14,15)12(17)19-4-2/h5-8,11H,3-4,16H2,1-2H3/t11-/m1/s1. The summed E-state index contributed by atoms with van der Waals surface area (Å²) < 4.78 is 37.0. The molecule has 0 aromatic heterocycles. The van der Waals surface area contributed by atoms with Gasteiger partial charge in [0.25, 0.3) is 0 Å². The predicted molar refractivity (Wildman–Crippen MR) is 66.1 cm³/mol. The highest BCUT2D eigenvalue weighted by Gasteiger charge is 2.47. The molecule has 0 radical (unpaired) electrons. The van der Waals surface area contributed by atoms with Gasteiger partial charge in [0.2, 0.25) is 0 Å². The zero-order valence-corrected chi connectivity index (χ0v) is 10.9. The van der Waals surface area contributed by atoms with Gasteiger partial charge >= 0.3 is 11.9 Å². The Kier molecular flexibility index (Phi) is 5.23. The van der Waals surface area contributed by atoms with E-state index in [9.17, 15) is 13.6 Å². The lowest BCUT2D eigenvalue weighted by atomic mass is 10.0. The number of ether oxygens (including phenoxy) is 2. The maximum absolute atomic E-state index is 13.8. The van der Waals surface area contributed by atoms with Crippen LogP contribution in [0.1, 0.15) is 25.5 Å². The van der Waals surface area contributed by atoms with Crippen molar-refractivity contribution in [3.8, 4) is 5.75 Å². The van der Waals surface area contributed by atoms with Crippen LogP contribution >= 0.6 is 0 Å². The number of hydrogen-bond donors (Lipinski definition) is 1. The van der Waals surface area contributed by atoms with E-state index in [1.807, 2.05) is 0 Å². The lowest BCUT2D eigenvalue weighted by Crippen LogP contribution is -2.41. The average molecular weight is 273 g/mol. The van der Waals surface area contributed by atoms with Crippen LogP contribution < -0.4 is 10.5 Å². The van der Waals surface area contributed by atoms with Crippen LogP contribution in [0.2, 0.25) is 0 Å². The third-order valence-corrected chi connectivity index (χ3v) is 2.47. The maximum atomic E-state index is 13.8. The normalized spacial score (nSPS) is 12.9. The zero-order valence-electron chi connectivity index (χ0n) is 10.9. The molecule has 19 heavy (non-hydrogen) atoms. The molecule has 6 heteroatoms. The fourth-order valence-corrected chi connectivity index (χ4v) is 1.53. The van der Waals surface area contributed by atoms with Gasteiger partial charge in [0.1, 0.15) is 11.8 Å². The predicted octanol–water partition coefficient (Wildman–Crippen LogP) is 2.28. The van der Waals surface area contributed by atoms with Crippen molar-refractivity contribution in [2.24, 2.45) is 5.73 Å². The van der Waals surface area contributed by atoms with Crippen LogP contribution in [0.15, 0.2) is 24.3 Å². The Morgan fingerprint density at radius 2 is 2.05 bits per heavy atom. The van der Waals surface area contributed by atoms with Crippen molar-refractivity contribution in [3.63, 3.8) is 0 Å². The van der Waals surface area contributed by atoms with Gasteiger partial charge in [-0.05, 0) is 31.5 Å². The molecule has 0 aliphatic heterocycles. The van der Waals surface area contributed by atoms with Crippen molar-refractivity contribution in [3.05, 3.63) is 29.8 Å². The highest BCUT2D eigenvalue weighted by Crippen LogP contribution is 2.32. The summed E-state index contributed by atoms with van der Waals surface area (Å²) in [5.41, 5.74) is 5.58. The molecule has 0 heterocycles. The van der Waals surface area contributed by atoms with Crippen molar-refractivity contribution in [1.29, 1.82) is 0 Å². The van der Waals surface area contributed by atoms with Gasteiger partial charge in [0.15, 0.2) is 0 Å². The molecule has 2 N–H and O–H groups in total. The van der Waals surface area contributed by atoms with E-state index in [1.54, 1.807) is 19.1 Å². The van der Waals surface area contributed by atoms with Gasteiger partial charge in [-0.3, -0.25) is 0 Å². The van der Waals surface area contributed by atoms with Crippen LogP contribution in [-0.4, -0.2) is 25.1 Å². The Hall–Kier alpha value is -1.69. The third kappa shape index (κ3) is 3.64. The molecule has 1 aromatic carbocycles. The Morgan fingerprint density at radius 3 is 2.63 bits per heavy atom. The summed E-state index contributed by atoms with van der Waals surface area (Å²) in [6.45, 7) is 3.52. The Labute approximate surface area is 110 Å². The minimum atomic E-state index is -3.78. The first-order valence-electron chi connectivity index (χ1n) is 5.96. The number of carbonyl (C=O) groups excluding carboxylic acids is 1. The number of benzene rings is 1. The van der Waals surface area contributed by atoms with Gasteiger partial charge in [-0.25, -0.2) is 4.79 Å². The number of rotatable bonds is 6.